The van der Waals surface area contributed by atoms with Gasteiger partial charge in [-0.05, 0) is 69.3 Å². The maximum absolute atomic E-state index is 13.4. The summed E-state index contributed by atoms with van der Waals surface area (Å²) in [4.78, 5) is 18.0. The predicted molar refractivity (Wildman–Crippen MR) is 133 cm³/mol. The van der Waals surface area contributed by atoms with Gasteiger partial charge in [0.1, 0.15) is 5.69 Å². The highest BCUT2D eigenvalue weighted by atomic mass is 16.2. The summed E-state index contributed by atoms with van der Waals surface area (Å²) >= 11 is 0. The molecule has 1 aliphatic rings. The molecule has 33 heavy (non-hydrogen) atoms. The van der Waals surface area contributed by atoms with Gasteiger partial charge in [0.25, 0.3) is 5.91 Å². The van der Waals surface area contributed by atoms with Crippen molar-refractivity contribution < 1.29 is 4.79 Å². The Hall–Kier alpha value is -2.92. The number of nitrogens with zero attached hydrogens (tertiary/aromatic N) is 4. The van der Waals surface area contributed by atoms with E-state index < -0.39 is 0 Å². The molecule has 0 aliphatic carbocycles. The van der Waals surface area contributed by atoms with Crippen molar-refractivity contribution in [2.24, 2.45) is 13.0 Å². The van der Waals surface area contributed by atoms with Crippen LogP contribution in [0.25, 0.3) is 0 Å². The van der Waals surface area contributed by atoms with Gasteiger partial charge in [0.05, 0.1) is 5.69 Å². The average molecular weight is 445 g/mol. The minimum atomic E-state index is 0.0567. The smallest absolute Gasteiger partial charge is 0.272 e. The van der Waals surface area contributed by atoms with Crippen LogP contribution < -0.4 is 0 Å². The Morgan fingerprint density at radius 3 is 2.36 bits per heavy atom. The molecule has 2 aromatic carbocycles. The predicted octanol–water partition coefficient (Wildman–Crippen LogP) is 4.63. The normalized spacial score (nSPS) is 16.0. The van der Waals surface area contributed by atoms with E-state index in [1.807, 2.05) is 32.0 Å². The van der Waals surface area contributed by atoms with Gasteiger partial charge < -0.3 is 4.90 Å². The number of rotatable bonds is 7. The van der Waals surface area contributed by atoms with Gasteiger partial charge in [0.2, 0.25) is 0 Å². The number of hydrogen-bond donors (Lipinski definition) is 0. The quantitative estimate of drug-likeness (QED) is 0.533. The molecule has 0 N–H and O–H groups in total. The fraction of sp³-hybridized carbons (Fsp3) is 0.429. The number of amides is 1. The van der Waals surface area contributed by atoms with Crippen LogP contribution in [0, 0.1) is 19.8 Å². The molecule has 5 heteroatoms. The van der Waals surface area contributed by atoms with Crippen LogP contribution in [0.15, 0.2) is 60.7 Å². The molecular weight excluding hydrogens is 408 g/mol. The fourth-order valence-corrected chi connectivity index (χ4v) is 5.18. The van der Waals surface area contributed by atoms with Crippen LogP contribution in [-0.2, 0) is 20.0 Å². The first-order valence-electron chi connectivity index (χ1n) is 12.0. The molecule has 2 heterocycles. The van der Waals surface area contributed by atoms with Gasteiger partial charge in [-0.3, -0.25) is 14.4 Å². The van der Waals surface area contributed by atoms with Crippen molar-refractivity contribution in [1.82, 2.24) is 19.6 Å². The molecule has 1 amide bonds. The highest BCUT2D eigenvalue weighted by Crippen LogP contribution is 2.28. The maximum atomic E-state index is 13.4. The van der Waals surface area contributed by atoms with Crippen LogP contribution in [0.3, 0.4) is 0 Å². The molecule has 1 saturated heterocycles. The van der Waals surface area contributed by atoms with Gasteiger partial charge in [0, 0.05) is 26.7 Å². The molecule has 174 valence electrons. The Kier molecular flexibility index (Phi) is 7.29. The third-order valence-corrected chi connectivity index (χ3v) is 6.99. The van der Waals surface area contributed by atoms with Crippen molar-refractivity contribution in [2.45, 2.75) is 45.7 Å². The van der Waals surface area contributed by atoms with Crippen molar-refractivity contribution in [3.05, 3.63) is 88.7 Å². The second kappa shape index (κ2) is 10.3. The summed E-state index contributed by atoms with van der Waals surface area (Å²) in [5, 5.41) is 4.39. The zero-order chi connectivity index (χ0) is 23.4. The molecule has 1 fully saturated rings. The number of hydrogen-bond acceptors (Lipinski definition) is 3. The zero-order valence-electron chi connectivity index (χ0n) is 20.4. The molecule has 1 aromatic heterocycles. The number of benzene rings is 2. The van der Waals surface area contributed by atoms with Gasteiger partial charge in [0.15, 0.2) is 0 Å². The summed E-state index contributed by atoms with van der Waals surface area (Å²) in [7, 11) is 3.82. The van der Waals surface area contributed by atoms with E-state index >= 15 is 0 Å². The van der Waals surface area contributed by atoms with Crippen molar-refractivity contribution >= 4 is 5.91 Å². The molecular formula is C28H36N4O. The van der Waals surface area contributed by atoms with Gasteiger partial charge in [-0.2, -0.15) is 5.10 Å². The van der Waals surface area contributed by atoms with Crippen LogP contribution in [-0.4, -0.2) is 51.7 Å². The van der Waals surface area contributed by atoms with Crippen molar-refractivity contribution in [3.8, 4) is 0 Å². The minimum absolute atomic E-state index is 0.0567. The van der Waals surface area contributed by atoms with E-state index in [-0.39, 0.29) is 11.9 Å². The first kappa shape index (κ1) is 23.2. The van der Waals surface area contributed by atoms with Crippen molar-refractivity contribution in [3.63, 3.8) is 0 Å². The number of likely N-dealkylation sites (tertiary alicyclic amines) is 1. The number of carbonyl (C=O) groups is 1. The van der Waals surface area contributed by atoms with Crippen molar-refractivity contribution in [2.75, 3.05) is 20.1 Å². The van der Waals surface area contributed by atoms with E-state index in [2.05, 4.69) is 71.5 Å². The van der Waals surface area contributed by atoms with E-state index in [4.69, 9.17) is 0 Å². The standard InChI is InChI=1S/C28H36N4O/c1-21-9-8-12-24(17-21)20-32-15-13-25(14-16-32)26(19-23-10-6-5-7-11-23)30(3)28(33)27-18-22(2)29-31(27)4/h5-12,17-18,25-26H,13-16,19-20H2,1-4H3/t26-/m1/s1. The third-order valence-electron chi connectivity index (χ3n) is 6.99. The van der Waals surface area contributed by atoms with Crippen LogP contribution in [0.5, 0.6) is 0 Å². The summed E-state index contributed by atoms with van der Waals surface area (Å²) in [6.07, 6.45) is 3.08. The highest BCUT2D eigenvalue weighted by Gasteiger charge is 2.32. The summed E-state index contributed by atoms with van der Waals surface area (Å²) in [6.45, 7) is 7.22. The summed E-state index contributed by atoms with van der Waals surface area (Å²) in [5.41, 5.74) is 5.51. The van der Waals surface area contributed by atoms with E-state index in [1.54, 1.807) is 4.68 Å². The van der Waals surface area contributed by atoms with Gasteiger partial charge >= 0.3 is 0 Å². The lowest BCUT2D eigenvalue weighted by Gasteiger charge is -2.40. The lowest BCUT2D eigenvalue weighted by atomic mass is 9.84. The number of aryl methyl sites for hydroxylation is 3. The molecule has 0 saturated carbocycles. The Bertz CT molecular complexity index is 1070. The topological polar surface area (TPSA) is 41.4 Å². The van der Waals surface area contributed by atoms with Crippen LogP contribution in [0.4, 0.5) is 0 Å². The average Bonchev–Trinajstić information content (AvgIpc) is 3.15. The molecule has 1 atom stereocenters. The fourth-order valence-electron chi connectivity index (χ4n) is 5.18. The number of piperidine rings is 1. The largest absolute Gasteiger partial charge is 0.337 e. The lowest BCUT2D eigenvalue weighted by Crippen LogP contribution is -2.47. The summed E-state index contributed by atoms with van der Waals surface area (Å²) in [5.74, 6) is 0.531. The molecule has 0 spiro atoms. The second-order valence-corrected chi connectivity index (χ2v) is 9.57. The third kappa shape index (κ3) is 5.72. The van der Waals surface area contributed by atoms with E-state index in [9.17, 15) is 4.79 Å². The van der Waals surface area contributed by atoms with Gasteiger partial charge in [-0.25, -0.2) is 0 Å². The first-order chi connectivity index (χ1) is 15.9. The second-order valence-electron chi connectivity index (χ2n) is 9.57. The maximum Gasteiger partial charge on any atom is 0.272 e. The van der Waals surface area contributed by atoms with E-state index in [0.717, 1.165) is 44.6 Å². The molecule has 5 nitrogen and oxygen atoms in total. The Morgan fingerprint density at radius 2 is 1.73 bits per heavy atom. The number of aromatic nitrogens is 2. The van der Waals surface area contributed by atoms with Gasteiger partial charge in [-0.1, -0.05) is 60.2 Å². The van der Waals surface area contributed by atoms with Crippen LogP contribution >= 0.6 is 0 Å². The van der Waals surface area contributed by atoms with Crippen LogP contribution in [0.1, 0.15) is 45.7 Å². The zero-order valence-corrected chi connectivity index (χ0v) is 20.4. The Morgan fingerprint density at radius 1 is 1.03 bits per heavy atom. The number of carbonyl (C=O) groups excluding carboxylic acids is 1. The highest BCUT2D eigenvalue weighted by molar-refractivity contribution is 5.92. The molecule has 1 aliphatic heterocycles. The summed E-state index contributed by atoms with van der Waals surface area (Å²) < 4.78 is 1.71. The Balaban J connectivity index is 1.48. The molecule has 0 bridgehead atoms. The molecule has 4 rings (SSSR count). The van der Waals surface area contributed by atoms with Gasteiger partial charge in [-0.15, -0.1) is 0 Å². The van der Waals surface area contributed by atoms with Crippen LogP contribution in [0.2, 0.25) is 0 Å². The molecule has 0 radical (unpaired) electrons. The number of likely N-dealkylation sites (N-methyl/N-ethyl adjacent to an activating group) is 1. The van der Waals surface area contributed by atoms with Crippen molar-refractivity contribution in [1.29, 1.82) is 0 Å². The first-order valence-corrected chi connectivity index (χ1v) is 12.0. The van der Waals surface area contributed by atoms with E-state index in [0.29, 0.717) is 11.6 Å². The van der Waals surface area contributed by atoms with E-state index in [1.165, 1.54) is 16.7 Å². The summed E-state index contributed by atoms with van der Waals surface area (Å²) in [6, 6.07) is 21.4. The Labute approximate surface area is 198 Å². The molecule has 3 aromatic rings. The lowest BCUT2D eigenvalue weighted by molar-refractivity contribution is 0.0575. The SMILES string of the molecule is Cc1cccc(CN2CCC([C@@H](Cc3ccccc3)N(C)C(=O)c3cc(C)nn3C)CC2)c1. The minimum Gasteiger partial charge on any atom is -0.337 e. The molecule has 0 unspecified atom stereocenters. The monoisotopic (exact) mass is 444 g/mol.